The lowest BCUT2D eigenvalue weighted by atomic mass is 10.1. The van der Waals surface area contributed by atoms with Crippen LogP contribution in [0.15, 0.2) is 29.2 Å². The van der Waals surface area contributed by atoms with Crippen molar-refractivity contribution in [3.63, 3.8) is 0 Å². The van der Waals surface area contributed by atoms with Gasteiger partial charge in [0.2, 0.25) is 5.91 Å². The second-order valence-electron chi connectivity index (χ2n) is 6.41. The number of benzene rings is 1. The lowest BCUT2D eigenvalue weighted by molar-refractivity contribution is -0.120. The number of rotatable bonds is 6. The van der Waals surface area contributed by atoms with Gasteiger partial charge in [0.05, 0.1) is 17.1 Å². The molecule has 8 heteroatoms. The SMILES string of the molecule is CCS(=O)(=O)c1ccc([C@H](CC(N)=O)OC(=O)NC(C)(C)C)cc1. The molecular weight excluding hydrogens is 332 g/mol. The number of amides is 2. The summed E-state index contributed by atoms with van der Waals surface area (Å²) in [5, 5.41) is 2.63. The molecule has 0 fully saturated rings. The molecule has 1 rings (SSSR count). The molecule has 134 valence electrons. The smallest absolute Gasteiger partial charge is 0.408 e. The first-order valence-electron chi connectivity index (χ1n) is 7.54. The number of primary amides is 1. The molecule has 0 saturated heterocycles. The number of nitrogens with one attached hydrogen (secondary N) is 1. The Hall–Kier alpha value is -2.09. The fraction of sp³-hybridized carbons (Fsp3) is 0.500. The lowest BCUT2D eigenvalue weighted by Crippen LogP contribution is -2.41. The van der Waals surface area contributed by atoms with Crippen molar-refractivity contribution in [2.45, 2.75) is 50.7 Å². The van der Waals surface area contributed by atoms with Crippen LogP contribution in [0.5, 0.6) is 0 Å². The zero-order chi connectivity index (χ0) is 18.5. The quantitative estimate of drug-likeness (QED) is 0.808. The maximum Gasteiger partial charge on any atom is 0.408 e. The first kappa shape index (κ1) is 20.0. The maximum absolute atomic E-state index is 11.9. The molecule has 3 N–H and O–H groups in total. The standard InChI is InChI=1S/C16H24N2O5S/c1-5-24(21,22)12-8-6-11(7-9-12)13(10-14(17)19)23-15(20)18-16(2,3)4/h6-9,13H,5,10H2,1-4H3,(H2,17,19)(H,18,20)/t13-/m0/s1. The Morgan fingerprint density at radius 3 is 2.17 bits per heavy atom. The summed E-state index contributed by atoms with van der Waals surface area (Å²) in [4.78, 5) is 23.3. The molecule has 0 aliphatic heterocycles. The summed E-state index contributed by atoms with van der Waals surface area (Å²) in [6.07, 6.45) is -1.76. The molecular formula is C16H24N2O5S. The van der Waals surface area contributed by atoms with Crippen molar-refractivity contribution in [1.29, 1.82) is 0 Å². The number of nitrogens with two attached hydrogens (primary N) is 1. The zero-order valence-electron chi connectivity index (χ0n) is 14.3. The molecule has 1 atom stereocenters. The Morgan fingerprint density at radius 1 is 1.21 bits per heavy atom. The van der Waals surface area contributed by atoms with E-state index in [1.54, 1.807) is 27.7 Å². The summed E-state index contributed by atoms with van der Waals surface area (Å²) in [7, 11) is -3.32. The van der Waals surface area contributed by atoms with E-state index in [0.717, 1.165) is 0 Å². The van der Waals surface area contributed by atoms with Crippen LogP contribution in [-0.4, -0.2) is 31.7 Å². The van der Waals surface area contributed by atoms with Crippen LogP contribution >= 0.6 is 0 Å². The van der Waals surface area contributed by atoms with E-state index in [4.69, 9.17) is 10.5 Å². The molecule has 0 aliphatic carbocycles. The summed E-state index contributed by atoms with van der Waals surface area (Å²) in [6, 6.07) is 5.88. The molecule has 2 amide bonds. The third-order valence-corrected chi connectivity index (χ3v) is 4.85. The number of hydrogen-bond donors (Lipinski definition) is 2. The predicted octanol–water partition coefficient (Wildman–Crippen LogP) is 1.92. The number of ether oxygens (including phenoxy) is 1. The summed E-state index contributed by atoms with van der Waals surface area (Å²) >= 11 is 0. The van der Waals surface area contributed by atoms with Crippen molar-refractivity contribution < 1.29 is 22.7 Å². The van der Waals surface area contributed by atoms with Crippen LogP contribution in [-0.2, 0) is 19.4 Å². The van der Waals surface area contributed by atoms with Crippen molar-refractivity contribution in [3.8, 4) is 0 Å². The zero-order valence-corrected chi connectivity index (χ0v) is 15.1. The van der Waals surface area contributed by atoms with Crippen molar-refractivity contribution >= 4 is 21.8 Å². The van der Waals surface area contributed by atoms with Gasteiger partial charge >= 0.3 is 6.09 Å². The average Bonchev–Trinajstić information content (AvgIpc) is 2.44. The molecule has 7 nitrogen and oxygen atoms in total. The average molecular weight is 356 g/mol. The van der Waals surface area contributed by atoms with Gasteiger partial charge in [-0.1, -0.05) is 19.1 Å². The van der Waals surface area contributed by atoms with Gasteiger partial charge in [0.25, 0.3) is 0 Å². The van der Waals surface area contributed by atoms with Crippen molar-refractivity contribution in [3.05, 3.63) is 29.8 Å². The molecule has 0 aromatic heterocycles. The highest BCUT2D eigenvalue weighted by atomic mass is 32.2. The Labute approximate surface area is 142 Å². The number of hydrogen-bond acceptors (Lipinski definition) is 5. The molecule has 0 spiro atoms. The highest BCUT2D eigenvalue weighted by Crippen LogP contribution is 2.23. The van der Waals surface area contributed by atoms with Gasteiger partial charge < -0.3 is 15.8 Å². The van der Waals surface area contributed by atoms with Gasteiger partial charge in [-0.25, -0.2) is 13.2 Å². The van der Waals surface area contributed by atoms with E-state index < -0.39 is 33.5 Å². The van der Waals surface area contributed by atoms with Crippen LogP contribution in [0.25, 0.3) is 0 Å². The number of carbonyl (C=O) groups is 2. The Kier molecular flexibility index (Phi) is 6.36. The van der Waals surface area contributed by atoms with Crippen molar-refractivity contribution in [2.75, 3.05) is 5.75 Å². The highest BCUT2D eigenvalue weighted by Gasteiger charge is 2.23. The largest absolute Gasteiger partial charge is 0.441 e. The second kappa shape index (κ2) is 7.65. The number of sulfone groups is 1. The summed E-state index contributed by atoms with van der Waals surface area (Å²) in [5.74, 6) is -0.643. The van der Waals surface area contributed by atoms with Gasteiger partial charge in [-0.15, -0.1) is 0 Å². The molecule has 0 saturated carbocycles. The first-order chi connectivity index (χ1) is 10.9. The van der Waals surface area contributed by atoms with E-state index in [-0.39, 0.29) is 17.1 Å². The van der Waals surface area contributed by atoms with E-state index in [0.29, 0.717) is 5.56 Å². The van der Waals surface area contributed by atoms with Gasteiger partial charge in [-0.05, 0) is 38.5 Å². The minimum Gasteiger partial charge on any atom is -0.441 e. The van der Waals surface area contributed by atoms with Crippen LogP contribution in [0.3, 0.4) is 0 Å². The van der Waals surface area contributed by atoms with Crippen LogP contribution in [0.1, 0.15) is 45.8 Å². The molecule has 0 heterocycles. The first-order valence-corrected chi connectivity index (χ1v) is 9.19. The van der Waals surface area contributed by atoms with Crippen LogP contribution in [0.4, 0.5) is 4.79 Å². The van der Waals surface area contributed by atoms with Gasteiger partial charge in [-0.3, -0.25) is 4.79 Å². The van der Waals surface area contributed by atoms with E-state index in [1.165, 1.54) is 24.3 Å². The van der Waals surface area contributed by atoms with Crippen molar-refractivity contribution in [2.24, 2.45) is 5.73 Å². The summed E-state index contributed by atoms with van der Waals surface area (Å²) in [5.41, 5.74) is 5.21. The van der Waals surface area contributed by atoms with Crippen LogP contribution in [0, 0.1) is 0 Å². The normalized spacial score (nSPS) is 13.2. The van der Waals surface area contributed by atoms with E-state index in [1.807, 2.05) is 0 Å². The second-order valence-corrected chi connectivity index (χ2v) is 8.69. The van der Waals surface area contributed by atoms with Crippen LogP contribution in [0.2, 0.25) is 0 Å². The van der Waals surface area contributed by atoms with E-state index in [2.05, 4.69) is 5.32 Å². The third kappa shape index (κ3) is 6.19. The van der Waals surface area contributed by atoms with Crippen molar-refractivity contribution in [1.82, 2.24) is 5.32 Å². The van der Waals surface area contributed by atoms with Gasteiger partial charge in [0.15, 0.2) is 9.84 Å². The minimum absolute atomic E-state index is 0.0124. The fourth-order valence-corrected chi connectivity index (χ4v) is 2.82. The van der Waals surface area contributed by atoms with Crippen LogP contribution < -0.4 is 11.1 Å². The van der Waals surface area contributed by atoms with Gasteiger partial charge in [0.1, 0.15) is 6.10 Å². The minimum atomic E-state index is -3.32. The summed E-state index contributed by atoms with van der Waals surface area (Å²) < 4.78 is 28.9. The van der Waals surface area contributed by atoms with Gasteiger partial charge in [-0.2, -0.15) is 0 Å². The van der Waals surface area contributed by atoms with E-state index >= 15 is 0 Å². The third-order valence-electron chi connectivity index (χ3n) is 3.10. The molecule has 1 aromatic carbocycles. The number of carbonyl (C=O) groups excluding carboxylic acids is 2. The molecule has 0 aliphatic rings. The topological polar surface area (TPSA) is 116 Å². The van der Waals surface area contributed by atoms with E-state index in [9.17, 15) is 18.0 Å². The highest BCUT2D eigenvalue weighted by molar-refractivity contribution is 7.91. The Bertz CT molecular complexity index is 690. The monoisotopic (exact) mass is 356 g/mol. The predicted molar refractivity (Wildman–Crippen MR) is 90.1 cm³/mol. The maximum atomic E-state index is 11.9. The molecule has 0 radical (unpaired) electrons. The summed E-state index contributed by atoms with van der Waals surface area (Å²) in [6.45, 7) is 6.93. The molecule has 0 unspecified atom stereocenters. The van der Waals surface area contributed by atoms with Gasteiger partial charge in [0, 0.05) is 5.54 Å². The Balaban J connectivity index is 3.00. The molecule has 1 aromatic rings. The molecule has 0 bridgehead atoms. The number of alkyl carbamates (subject to hydrolysis) is 1. The Morgan fingerprint density at radius 2 is 1.75 bits per heavy atom. The lowest BCUT2D eigenvalue weighted by Gasteiger charge is -2.23. The molecule has 24 heavy (non-hydrogen) atoms. The fourth-order valence-electron chi connectivity index (χ4n) is 1.93.